The number of imidazole rings is 1. The lowest BCUT2D eigenvalue weighted by Crippen LogP contribution is -1.90. The van der Waals surface area contributed by atoms with Crippen LogP contribution in [0.2, 0.25) is 0 Å². The summed E-state index contributed by atoms with van der Waals surface area (Å²) in [6.45, 7) is 2.00. The molecule has 0 saturated carbocycles. The fourth-order valence-corrected chi connectivity index (χ4v) is 1.45. The van der Waals surface area contributed by atoms with Gasteiger partial charge >= 0.3 is 0 Å². The van der Waals surface area contributed by atoms with Crippen molar-refractivity contribution >= 4 is 0 Å². The van der Waals surface area contributed by atoms with Gasteiger partial charge in [-0.3, -0.25) is 0 Å². The van der Waals surface area contributed by atoms with Crippen LogP contribution >= 0.6 is 0 Å². The van der Waals surface area contributed by atoms with Crippen molar-refractivity contribution in [1.29, 1.82) is 0 Å². The van der Waals surface area contributed by atoms with Crippen molar-refractivity contribution in [2.75, 3.05) is 7.11 Å². The molecule has 0 bridgehead atoms. The minimum absolute atomic E-state index is 0.769. The monoisotopic (exact) mass is 187 g/mol. The average molecular weight is 187 g/mol. The van der Waals surface area contributed by atoms with Crippen molar-refractivity contribution in [2.45, 2.75) is 6.92 Å². The van der Waals surface area contributed by atoms with E-state index in [2.05, 4.69) is 16.0 Å². The molecule has 3 heteroatoms. The van der Waals surface area contributed by atoms with Crippen LogP contribution < -0.4 is 4.74 Å². The predicted molar refractivity (Wildman–Crippen MR) is 54.1 cm³/mol. The first-order chi connectivity index (χ1) is 6.83. The highest BCUT2D eigenvalue weighted by Gasteiger charge is 2.07. The van der Waals surface area contributed by atoms with Crippen LogP contribution in [0.15, 0.2) is 24.7 Å². The van der Waals surface area contributed by atoms with Crippen LogP contribution in [0.1, 0.15) is 5.56 Å². The number of aromatic amines is 1. The molecule has 1 N–H and O–H groups in total. The Kier molecular flexibility index (Phi) is 2.23. The van der Waals surface area contributed by atoms with Gasteiger partial charge in [-0.25, -0.2) is 4.98 Å². The van der Waals surface area contributed by atoms with Gasteiger partial charge in [-0.15, -0.1) is 0 Å². The first kappa shape index (κ1) is 8.81. The molecule has 0 aliphatic heterocycles. The highest BCUT2D eigenvalue weighted by atomic mass is 16.5. The molecule has 2 rings (SSSR count). The lowest BCUT2D eigenvalue weighted by molar-refractivity contribution is 0.411. The van der Waals surface area contributed by atoms with Gasteiger partial charge in [0.2, 0.25) is 0 Å². The summed E-state index contributed by atoms with van der Waals surface area (Å²) >= 11 is 0. The molecule has 0 unspecified atom stereocenters. The van der Waals surface area contributed by atoms with E-state index in [1.165, 1.54) is 0 Å². The number of aromatic nitrogens is 2. The van der Waals surface area contributed by atoms with Gasteiger partial charge in [0.1, 0.15) is 5.75 Å². The number of H-pyrrole nitrogens is 1. The molecule has 1 heterocycles. The molecule has 0 fully saturated rings. The molecular weight excluding hydrogens is 176 g/mol. The number of nitrogens with zero attached hydrogens (tertiary/aromatic N) is 1. The summed E-state index contributed by atoms with van der Waals surface area (Å²) in [5.74, 6) is 0.769. The van der Waals surface area contributed by atoms with E-state index in [0.29, 0.717) is 0 Å². The van der Waals surface area contributed by atoms with E-state index in [9.17, 15) is 0 Å². The SMILES string of the molecule is COc1[c]ccc(-c2c[nH]cn2)c1C. The maximum atomic E-state index is 5.19. The van der Waals surface area contributed by atoms with Gasteiger partial charge < -0.3 is 9.72 Å². The van der Waals surface area contributed by atoms with E-state index in [4.69, 9.17) is 4.74 Å². The highest BCUT2D eigenvalue weighted by Crippen LogP contribution is 2.27. The molecule has 14 heavy (non-hydrogen) atoms. The van der Waals surface area contributed by atoms with Crippen molar-refractivity contribution in [3.63, 3.8) is 0 Å². The number of nitrogens with one attached hydrogen (secondary N) is 1. The van der Waals surface area contributed by atoms with Crippen molar-refractivity contribution in [3.05, 3.63) is 36.3 Å². The molecule has 0 spiro atoms. The van der Waals surface area contributed by atoms with Crippen molar-refractivity contribution in [1.82, 2.24) is 9.97 Å². The van der Waals surface area contributed by atoms with Crippen LogP contribution in [0.5, 0.6) is 5.75 Å². The van der Waals surface area contributed by atoms with Gasteiger partial charge in [-0.05, 0) is 13.0 Å². The Morgan fingerprint density at radius 1 is 1.50 bits per heavy atom. The van der Waals surface area contributed by atoms with Gasteiger partial charge in [-0.2, -0.15) is 0 Å². The molecule has 1 aromatic heterocycles. The molecule has 0 amide bonds. The Labute approximate surface area is 82.8 Å². The number of methoxy groups -OCH3 is 1. The Bertz CT molecular complexity index is 421. The molecule has 71 valence electrons. The van der Waals surface area contributed by atoms with Crippen molar-refractivity contribution in [2.24, 2.45) is 0 Å². The Balaban J connectivity index is 2.54. The van der Waals surface area contributed by atoms with Crippen LogP contribution in [-0.4, -0.2) is 17.1 Å². The zero-order chi connectivity index (χ0) is 9.97. The fraction of sp³-hybridized carbons (Fsp3) is 0.182. The maximum Gasteiger partial charge on any atom is 0.130 e. The summed E-state index contributed by atoms with van der Waals surface area (Å²) in [4.78, 5) is 7.13. The van der Waals surface area contributed by atoms with Crippen LogP contribution in [-0.2, 0) is 0 Å². The van der Waals surface area contributed by atoms with Crippen molar-refractivity contribution < 1.29 is 4.74 Å². The maximum absolute atomic E-state index is 5.19. The standard InChI is InChI=1S/C11H11N2O/c1-8-9(10-6-12-7-13-10)4-3-5-11(8)14-2/h3-4,6-7H,1-2H3,(H,12,13). The third-order valence-electron chi connectivity index (χ3n) is 2.19. The Morgan fingerprint density at radius 2 is 2.36 bits per heavy atom. The van der Waals surface area contributed by atoms with E-state index in [1.54, 1.807) is 13.4 Å². The Morgan fingerprint density at radius 3 is 3.00 bits per heavy atom. The summed E-state index contributed by atoms with van der Waals surface area (Å²) < 4.78 is 5.19. The number of hydrogen-bond donors (Lipinski definition) is 1. The number of ether oxygens (including phenoxy) is 1. The third kappa shape index (κ3) is 1.37. The second-order valence-corrected chi connectivity index (χ2v) is 3.00. The third-order valence-corrected chi connectivity index (χ3v) is 2.19. The van der Waals surface area contributed by atoms with E-state index < -0.39 is 0 Å². The second-order valence-electron chi connectivity index (χ2n) is 3.00. The largest absolute Gasteiger partial charge is 0.496 e. The summed E-state index contributed by atoms with van der Waals surface area (Å²) in [5, 5.41) is 0. The molecule has 1 radical (unpaired) electrons. The van der Waals surface area contributed by atoms with Gasteiger partial charge in [0, 0.05) is 23.4 Å². The fourth-order valence-electron chi connectivity index (χ4n) is 1.45. The first-order valence-corrected chi connectivity index (χ1v) is 4.37. The second kappa shape index (κ2) is 3.54. The zero-order valence-electron chi connectivity index (χ0n) is 8.16. The van der Waals surface area contributed by atoms with Crippen LogP contribution in [0.25, 0.3) is 11.3 Å². The van der Waals surface area contributed by atoms with Crippen molar-refractivity contribution in [3.8, 4) is 17.0 Å². The molecule has 0 aliphatic carbocycles. The van der Waals surface area contributed by atoms with Gasteiger partial charge in [0.05, 0.1) is 19.1 Å². The molecule has 0 saturated heterocycles. The smallest absolute Gasteiger partial charge is 0.130 e. The van der Waals surface area contributed by atoms with E-state index in [1.807, 2.05) is 25.3 Å². The van der Waals surface area contributed by atoms with Gasteiger partial charge in [0.25, 0.3) is 0 Å². The van der Waals surface area contributed by atoms with Crippen LogP contribution in [0.3, 0.4) is 0 Å². The molecule has 0 atom stereocenters. The van der Waals surface area contributed by atoms with Gasteiger partial charge in [0.15, 0.2) is 0 Å². The van der Waals surface area contributed by atoms with E-state index in [0.717, 1.165) is 22.6 Å². The average Bonchev–Trinajstić information content (AvgIpc) is 2.71. The molecular formula is C11H11N2O. The molecule has 3 nitrogen and oxygen atoms in total. The minimum atomic E-state index is 0.769. The van der Waals surface area contributed by atoms with Gasteiger partial charge in [-0.1, -0.05) is 6.07 Å². The summed E-state index contributed by atoms with van der Waals surface area (Å²) in [5.41, 5.74) is 3.05. The lowest BCUT2D eigenvalue weighted by atomic mass is 10.1. The van der Waals surface area contributed by atoms with Crippen LogP contribution in [0.4, 0.5) is 0 Å². The summed E-state index contributed by atoms with van der Waals surface area (Å²) in [6.07, 6.45) is 3.53. The predicted octanol–water partition coefficient (Wildman–Crippen LogP) is 2.19. The zero-order valence-corrected chi connectivity index (χ0v) is 8.16. The topological polar surface area (TPSA) is 37.9 Å². The van der Waals surface area contributed by atoms with E-state index in [-0.39, 0.29) is 0 Å². The molecule has 2 aromatic rings. The number of hydrogen-bond acceptors (Lipinski definition) is 2. The molecule has 0 aliphatic rings. The molecule has 1 aromatic carbocycles. The summed E-state index contributed by atoms with van der Waals surface area (Å²) in [7, 11) is 1.65. The Hall–Kier alpha value is -1.77. The lowest BCUT2D eigenvalue weighted by Gasteiger charge is -2.07. The number of benzene rings is 1. The quantitative estimate of drug-likeness (QED) is 0.782. The summed E-state index contributed by atoms with van der Waals surface area (Å²) in [6, 6.07) is 6.85. The number of rotatable bonds is 2. The van der Waals surface area contributed by atoms with E-state index >= 15 is 0 Å². The van der Waals surface area contributed by atoms with Crippen LogP contribution in [0, 0.1) is 13.0 Å². The normalized spacial score (nSPS) is 10.1. The highest BCUT2D eigenvalue weighted by molar-refractivity contribution is 5.65. The minimum Gasteiger partial charge on any atom is -0.496 e. The first-order valence-electron chi connectivity index (χ1n) is 4.37.